The molecule has 1 aromatic heterocycles. The van der Waals surface area contributed by atoms with Crippen molar-refractivity contribution in [2.75, 3.05) is 0 Å². The summed E-state index contributed by atoms with van der Waals surface area (Å²) in [5.41, 5.74) is 2.63. The number of imidazole rings is 1. The van der Waals surface area contributed by atoms with Crippen LogP contribution in [-0.4, -0.2) is 10.4 Å². The molecule has 114 valence electrons. The first kappa shape index (κ1) is 16.2. The molecule has 3 nitrogen and oxygen atoms in total. The number of carbonyl (C=O) groups is 1. The Bertz CT molecular complexity index is 825. The van der Waals surface area contributed by atoms with Gasteiger partial charge in [0.1, 0.15) is 5.82 Å². The highest BCUT2D eigenvalue weighted by Crippen LogP contribution is 2.15. The Labute approximate surface area is 134 Å². The van der Waals surface area contributed by atoms with Gasteiger partial charge in [0.15, 0.2) is 17.6 Å². The van der Waals surface area contributed by atoms with Crippen LogP contribution >= 0.6 is 0 Å². The van der Waals surface area contributed by atoms with E-state index in [1.54, 1.807) is 0 Å². The van der Waals surface area contributed by atoms with Gasteiger partial charge in [-0.3, -0.25) is 4.79 Å². The second kappa shape index (κ2) is 6.28. The van der Waals surface area contributed by atoms with E-state index in [2.05, 4.69) is 4.57 Å². The van der Waals surface area contributed by atoms with E-state index in [0.717, 1.165) is 16.9 Å². The van der Waals surface area contributed by atoms with Crippen LogP contribution in [0, 0.1) is 12.7 Å². The molecule has 0 amide bonds. The summed E-state index contributed by atoms with van der Waals surface area (Å²) in [6.45, 7) is 2.23. The zero-order valence-electron chi connectivity index (χ0n) is 12.4. The second-order valence-electron chi connectivity index (χ2n) is 5.11. The molecule has 0 spiro atoms. The number of hydrogen-bond donors (Lipinski definition) is 0. The molecule has 5 heteroatoms. The molecule has 0 radical (unpaired) electrons. The fourth-order valence-electron chi connectivity index (χ4n) is 2.58. The highest BCUT2D eigenvalue weighted by atomic mass is 35.5. The molecule has 0 bridgehead atoms. The van der Waals surface area contributed by atoms with Crippen molar-refractivity contribution >= 4 is 16.8 Å². The molecule has 1 heterocycles. The number of benzene rings is 2. The van der Waals surface area contributed by atoms with Crippen LogP contribution < -0.4 is 17.0 Å². The molecule has 0 N–H and O–H groups in total. The molecule has 3 aromatic rings. The SMILES string of the molecule is Cc1n(CC(=O)c2ccc(F)cc2)c2ccccc2[n+]1C.[Cl-]. The molecule has 3 rings (SSSR count). The Morgan fingerprint density at radius 3 is 2.45 bits per heavy atom. The lowest BCUT2D eigenvalue weighted by molar-refractivity contribution is -0.652. The van der Waals surface area contributed by atoms with E-state index in [4.69, 9.17) is 0 Å². The largest absolute Gasteiger partial charge is 1.00 e. The van der Waals surface area contributed by atoms with Crippen molar-refractivity contribution in [1.82, 2.24) is 4.57 Å². The van der Waals surface area contributed by atoms with Gasteiger partial charge >= 0.3 is 0 Å². The molecular formula is C17H16ClFN2O. The van der Waals surface area contributed by atoms with Gasteiger partial charge in [0.25, 0.3) is 5.82 Å². The molecule has 0 saturated carbocycles. The normalized spacial score (nSPS) is 10.5. The maximum atomic E-state index is 12.9. The van der Waals surface area contributed by atoms with Crippen molar-refractivity contribution in [3.05, 3.63) is 65.7 Å². The number of halogens is 2. The van der Waals surface area contributed by atoms with Crippen molar-refractivity contribution in [2.45, 2.75) is 13.5 Å². The van der Waals surface area contributed by atoms with Gasteiger partial charge in [-0.2, -0.15) is 0 Å². The smallest absolute Gasteiger partial charge is 0.254 e. The van der Waals surface area contributed by atoms with E-state index >= 15 is 0 Å². The first-order chi connectivity index (χ1) is 10.1. The van der Waals surface area contributed by atoms with Crippen molar-refractivity contribution < 1.29 is 26.2 Å². The zero-order chi connectivity index (χ0) is 15.0. The minimum atomic E-state index is -0.333. The van der Waals surface area contributed by atoms with Crippen LogP contribution in [-0.2, 0) is 13.6 Å². The van der Waals surface area contributed by atoms with E-state index in [9.17, 15) is 9.18 Å². The number of Topliss-reactive ketones (excluding diaryl/α,β-unsaturated/α-hetero) is 1. The average molecular weight is 319 g/mol. The van der Waals surface area contributed by atoms with Gasteiger partial charge in [-0.1, -0.05) is 12.1 Å². The van der Waals surface area contributed by atoms with E-state index in [1.807, 2.05) is 42.8 Å². The van der Waals surface area contributed by atoms with Gasteiger partial charge in [0, 0.05) is 12.5 Å². The first-order valence-electron chi connectivity index (χ1n) is 6.80. The third-order valence-electron chi connectivity index (χ3n) is 3.88. The molecule has 0 aliphatic carbocycles. The number of fused-ring (bicyclic) bond motifs is 1. The summed E-state index contributed by atoms with van der Waals surface area (Å²) in [5, 5.41) is 0. The third-order valence-corrected chi connectivity index (χ3v) is 3.88. The Balaban J connectivity index is 0.00000176. The van der Waals surface area contributed by atoms with Crippen LogP contribution in [0.3, 0.4) is 0 Å². The van der Waals surface area contributed by atoms with Gasteiger partial charge in [0.05, 0.1) is 7.05 Å². The lowest BCUT2D eigenvalue weighted by atomic mass is 10.1. The topological polar surface area (TPSA) is 25.9 Å². The highest BCUT2D eigenvalue weighted by Gasteiger charge is 2.21. The summed E-state index contributed by atoms with van der Waals surface area (Å²) < 4.78 is 17.0. The fourth-order valence-corrected chi connectivity index (χ4v) is 2.58. The van der Waals surface area contributed by atoms with Gasteiger partial charge in [-0.05, 0) is 36.4 Å². The van der Waals surface area contributed by atoms with E-state index in [1.165, 1.54) is 24.3 Å². The minimum absolute atomic E-state index is 0. The lowest BCUT2D eigenvalue weighted by Gasteiger charge is -2.01. The molecule has 0 unspecified atom stereocenters. The van der Waals surface area contributed by atoms with Crippen LogP contribution in [0.15, 0.2) is 48.5 Å². The van der Waals surface area contributed by atoms with Crippen LogP contribution in [0.2, 0.25) is 0 Å². The van der Waals surface area contributed by atoms with Crippen molar-refractivity contribution in [1.29, 1.82) is 0 Å². The number of hydrogen-bond acceptors (Lipinski definition) is 1. The molecule has 22 heavy (non-hydrogen) atoms. The number of carbonyl (C=O) groups excluding carboxylic acids is 1. The average Bonchev–Trinajstić information content (AvgIpc) is 2.73. The predicted octanol–water partition coefficient (Wildman–Crippen LogP) is -0.200. The predicted molar refractivity (Wildman–Crippen MR) is 78.6 cm³/mol. The third kappa shape index (κ3) is 2.74. The van der Waals surface area contributed by atoms with Crippen LogP contribution in [0.1, 0.15) is 16.2 Å². The van der Waals surface area contributed by atoms with Gasteiger partial charge in [-0.15, -0.1) is 0 Å². The first-order valence-corrected chi connectivity index (χ1v) is 6.80. The van der Waals surface area contributed by atoms with Gasteiger partial charge in [0.2, 0.25) is 5.78 Å². The summed E-state index contributed by atoms with van der Waals surface area (Å²) in [6.07, 6.45) is 0. The van der Waals surface area contributed by atoms with Gasteiger partial charge < -0.3 is 12.4 Å². The summed E-state index contributed by atoms with van der Waals surface area (Å²) >= 11 is 0. The standard InChI is InChI=1S/C17H16FN2O.ClH/c1-12-19(2)15-5-3-4-6-16(15)20(12)11-17(21)13-7-9-14(18)10-8-13;/h3-10H,11H2,1-2H3;1H/q+1;/p-1. The maximum absolute atomic E-state index is 12.9. The monoisotopic (exact) mass is 318 g/mol. The molecule has 0 fully saturated rings. The fraction of sp³-hybridized carbons (Fsp3) is 0.176. The molecule has 0 atom stereocenters. The molecule has 2 aromatic carbocycles. The molecule has 0 aliphatic rings. The van der Waals surface area contributed by atoms with E-state index < -0.39 is 0 Å². The summed E-state index contributed by atoms with van der Waals surface area (Å²) in [7, 11) is 1.98. The quantitative estimate of drug-likeness (QED) is 0.485. The van der Waals surface area contributed by atoms with Crippen LogP contribution in [0.25, 0.3) is 11.0 Å². The molecular weight excluding hydrogens is 303 g/mol. The number of aromatic nitrogens is 2. The van der Waals surface area contributed by atoms with E-state index in [0.29, 0.717) is 5.56 Å². The van der Waals surface area contributed by atoms with Crippen molar-refractivity contribution in [3.63, 3.8) is 0 Å². The number of rotatable bonds is 3. The number of para-hydroxylation sites is 2. The molecule has 0 aliphatic heterocycles. The Hall–Kier alpha value is -2.20. The summed E-state index contributed by atoms with van der Waals surface area (Å²) in [6, 6.07) is 13.6. The second-order valence-corrected chi connectivity index (χ2v) is 5.11. The number of ketones is 1. The Morgan fingerprint density at radius 2 is 1.77 bits per heavy atom. The van der Waals surface area contributed by atoms with Crippen molar-refractivity contribution in [2.24, 2.45) is 7.05 Å². The van der Waals surface area contributed by atoms with Crippen LogP contribution in [0.5, 0.6) is 0 Å². The van der Waals surface area contributed by atoms with Gasteiger partial charge in [-0.25, -0.2) is 13.5 Å². The highest BCUT2D eigenvalue weighted by molar-refractivity contribution is 5.96. The maximum Gasteiger partial charge on any atom is 0.254 e. The lowest BCUT2D eigenvalue weighted by Crippen LogP contribution is -3.00. The summed E-state index contributed by atoms with van der Waals surface area (Å²) in [4.78, 5) is 12.4. The number of aryl methyl sites for hydroxylation is 1. The Kier molecular flexibility index (Phi) is 4.62. The number of nitrogens with zero attached hydrogens (tertiary/aromatic N) is 2. The Morgan fingerprint density at radius 1 is 1.14 bits per heavy atom. The molecule has 0 saturated heterocycles. The van der Waals surface area contributed by atoms with Crippen LogP contribution in [0.4, 0.5) is 4.39 Å². The zero-order valence-corrected chi connectivity index (χ0v) is 13.1. The van der Waals surface area contributed by atoms with Crippen molar-refractivity contribution in [3.8, 4) is 0 Å². The van der Waals surface area contributed by atoms with E-state index in [-0.39, 0.29) is 30.6 Å². The minimum Gasteiger partial charge on any atom is -1.00 e. The summed E-state index contributed by atoms with van der Waals surface area (Å²) in [5.74, 6) is 0.645.